The molecular weight excluding hydrogens is 388 g/mol. The summed E-state index contributed by atoms with van der Waals surface area (Å²) in [4.78, 5) is 28.3. The molecule has 158 valence electrons. The number of halogens is 3. The lowest BCUT2D eigenvalue weighted by molar-refractivity contribution is -0.135. The Morgan fingerprint density at radius 2 is 1.86 bits per heavy atom. The highest BCUT2D eigenvalue weighted by Gasteiger charge is 2.30. The Hall–Kier alpha value is -1.73. The average Bonchev–Trinajstić information content (AvgIpc) is 2.64. The number of piperidine rings is 1. The lowest BCUT2D eigenvalue weighted by atomic mass is 9.94. The van der Waals surface area contributed by atoms with Crippen LogP contribution in [0.15, 0.2) is 18.2 Å². The molecule has 28 heavy (non-hydrogen) atoms. The second-order valence-electron chi connectivity index (χ2n) is 7.65. The van der Waals surface area contributed by atoms with E-state index in [0.717, 1.165) is 18.6 Å². The van der Waals surface area contributed by atoms with Crippen LogP contribution in [0.3, 0.4) is 0 Å². The van der Waals surface area contributed by atoms with E-state index < -0.39 is 17.5 Å². The van der Waals surface area contributed by atoms with Crippen molar-refractivity contribution in [2.24, 2.45) is 17.6 Å². The van der Waals surface area contributed by atoms with Crippen molar-refractivity contribution >= 4 is 24.2 Å². The fourth-order valence-corrected chi connectivity index (χ4v) is 3.26. The van der Waals surface area contributed by atoms with Gasteiger partial charge in [-0.15, -0.1) is 12.4 Å². The fourth-order valence-electron chi connectivity index (χ4n) is 3.26. The highest BCUT2D eigenvalue weighted by atomic mass is 35.5. The van der Waals surface area contributed by atoms with Crippen LogP contribution in [0.25, 0.3) is 0 Å². The lowest BCUT2D eigenvalue weighted by Gasteiger charge is -2.33. The van der Waals surface area contributed by atoms with Crippen LogP contribution in [-0.4, -0.2) is 54.3 Å². The van der Waals surface area contributed by atoms with Crippen molar-refractivity contribution in [3.05, 3.63) is 35.4 Å². The van der Waals surface area contributed by atoms with Crippen LogP contribution in [0.2, 0.25) is 0 Å². The molecule has 1 aliphatic rings. The third-order valence-electron chi connectivity index (χ3n) is 5.32. The van der Waals surface area contributed by atoms with Gasteiger partial charge in [-0.25, -0.2) is 8.78 Å². The molecule has 1 fully saturated rings. The van der Waals surface area contributed by atoms with Crippen molar-refractivity contribution in [1.29, 1.82) is 0 Å². The van der Waals surface area contributed by atoms with Gasteiger partial charge in [0.05, 0.1) is 5.56 Å². The zero-order valence-electron chi connectivity index (χ0n) is 16.7. The Kier molecular flexibility index (Phi) is 9.30. The molecule has 0 radical (unpaired) electrons. The predicted octanol–water partition coefficient (Wildman–Crippen LogP) is 3.07. The maximum atomic E-state index is 13.8. The molecule has 2 N–H and O–H groups in total. The molecule has 1 aromatic carbocycles. The summed E-state index contributed by atoms with van der Waals surface area (Å²) in [6.45, 7) is 5.49. The van der Waals surface area contributed by atoms with Gasteiger partial charge in [-0.05, 0) is 37.3 Å². The van der Waals surface area contributed by atoms with Gasteiger partial charge in [0.1, 0.15) is 11.6 Å². The van der Waals surface area contributed by atoms with E-state index in [1.807, 2.05) is 0 Å². The topological polar surface area (TPSA) is 66.6 Å². The van der Waals surface area contributed by atoms with Gasteiger partial charge in [0.25, 0.3) is 5.91 Å². The number of nitrogens with zero attached hydrogens (tertiary/aromatic N) is 2. The van der Waals surface area contributed by atoms with Gasteiger partial charge >= 0.3 is 0 Å². The van der Waals surface area contributed by atoms with Crippen LogP contribution in [0.1, 0.15) is 43.5 Å². The summed E-state index contributed by atoms with van der Waals surface area (Å²) >= 11 is 0. The second kappa shape index (κ2) is 10.7. The molecule has 0 saturated carbocycles. The van der Waals surface area contributed by atoms with Gasteiger partial charge in [-0.1, -0.05) is 13.8 Å². The Morgan fingerprint density at radius 3 is 2.39 bits per heavy atom. The van der Waals surface area contributed by atoms with Gasteiger partial charge in [-0.3, -0.25) is 9.59 Å². The monoisotopic (exact) mass is 417 g/mol. The summed E-state index contributed by atoms with van der Waals surface area (Å²) < 4.78 is 26.8. The molecule has 8 heteroatoms. The van der Waals surface area contributed by atoms with Crippen LogP contribution in [0, 0.1) is 23.5 Å². The van der Waals surface area contributed by atoms with E-state index in [1.54, 1.807) is 11.9 Å². The smallest absolute Gasteiger partial charge is 0.256 e. The number of amides is 2. The maximum absolute atomic E-state index is 13.8. The zero-order chi connectivity index (χ0) is 20.1. The molecule has 1 aromatic rings. The Bertz CT molecular complexity index is 679. The summed E-state index contributed by atoms with van der Waals surface area (Å²) in [5.74, 6) is -1.75. The third kappa shape index (κ3) is 6.14. The molecule has 1 unspecified atom stereocenters. The summed E-state index contributed by atoms with van der Waals surface area (Å²) in [7, 11) is 1.78. The SMILES string of the molecule is CC(C)C(N)CCN(C)C(=O)C1CCN(C(=O)c2ccc(F)cc2F)CC1.Cl. The van der Waals surface area contributed by atoms with E-state index in [1.165, 1.54) is 4.90 Å². The van der Waals surface area contributed by atoms with E-state index in [-0.39, 0.29) is 35.8 Å². The first kappa shape index (κ1) is 24.3. The molecular formula is C20H30ClF2N3O2. The Labute approximate surface area is 171 Å². The maximum Gasteiger partial charge on any atom is 0.256 e. The number of rotatable bonds is 6. The number of carbonyl (C=O) groups is 2. The number of hydrogen-bond donors (Lipinski definition) is 1. The Balaban J connectivity index is 0.00000392. The second-order valence-corrected chi connectivity index (χ2v) is 7.65. The molecule has 0 aromatic heterocycles. The van der Waals surface area contributed by atoms with Crippen molar-refractivity contribution in [2.45, 2.75) is 39.2 Å². The number of carbonyl (C=O) groups excluding carboxylic acids is 2. The Morgan fingerprint density at radius 1 is 1.25 bits per heavy atom. The fraction of sp³-hybridized carbons (Fsp3) is 0.600. The number of nitrogens with two attached hydrogens (primary N) is 1. The van der Waals surface area contributed by atoms with Gasteiger partial charge in [0.15, 0.2) is 0 Å². The molecule has 1 heterocycles. The van der Waals surface area contributed by atoms with Crippen LogP contribution in [0.4, 0.5) is 8.78 Å². The molecule has 2 amide bonds. The van der Waals surface area contributed by atoms with Crippen molar-refractivity contribution < 1.29 is 18.4 Å². The summed E-state index contributed by atoms with van der Waals surface area (Å²) in [5.41, 5.74) is 5.90. The quantitative estimate of drug-likeness (QED) is 0.773. The normalized spacial score (nSPS) is 15.9. The van der Waals surface area contributed by atoms with Crippen LogP contribution in [0.5, 0.6) is 0 Å². The summed E-state index contributed by atoms with van der Waals surface area (Å²) in [6, 6.07) is 3.00. The predicted molar refractivity (Wildman–Crippen MR) is 107 cm³/mol. The third-order valence-corrected chi connectivity index (χ3v) is 5.32. The molecule has 0 aliphatic carbocycles. The molecule has 0 spiro atoms. The van der Waals surface area contributed by atoms with Crippen LogP contribution >= 0.6 is 12.4 Å². The van der Waals surface area contributed by atoms with Gasteiger partial charge in [0, 0.05) is 44.7 Å². The first-order valence-electron chi connectivity index (χ1n) is 9.45. The average molecular weight is 418 g/mol. The standard InChI is InChI=1S/C20H29F2N3O2.ClH/c1-13(2)18(23)8-9-24(3)19(26)14-6-10-25(11-7-14)20(27)16-5-4-15(21)12-17(16)22;/h4-5,12-14,18H,6-11,23H2,1-3H3;1H. The molecule has 1 saturated heterocycles. The highest BCUT2D eigenvalue weighted by Crippen LogP contribution is 2.22. The number of hydrogen-bond acceptors (Lipinski definition) is 3. The van der Waals surface area contributed by atoms with Gasteiger partial charge in [-0.2, -0.15) is 0 Å². The van der Waals surface area contributed by atoms with Gasteiger partial charge < -0.3 is 15.5 Å². The van der Waals surface area contributed by atoms with Crippen LogP contribution < -0.4 is 5.73 Å². The lowest BCUT2D eigenvalue weighted by Crippen LogP contribution is -2.44. The minimum absolute atomic E-state index is 0. The van der Waals surface area contributed by atoms with Crippen molar-refractivity contribution in [3.8, 4) is 0 Å². The highest BCUT2D eigenvalue weighted by molar-refractivity contribution is 5.94. The summed E-state index contributed by atoms with van der Waals surface area (Å²) in [6.07, 6.45) is 1.82. The minimum Gasteiger partial charge on any atom is -0.345 e. The van der Waals surface area contributed by atoms with Crippen LogP contribution in [-0.2, 0) is 4.79 Å². The van der Waals surface area contributed by atoms with Crippen molar-refractivity contribution in [2.75, 3.05) is 26.7 Å². The first-order chi connectivity index (χ1) is 12.7. The van der Waals surface area contributed by atoms with E-state index in [4.69, 9.17) is 5.73 Å². The molecule has 5 nitrogen and oxygen atoms in total. The largest absolute Gasteiger partial charge is 0.345 e. The van der Waals surface area contributed by atoms with E-state index in [2.05, 4.69) is 13.8 Å². The van der Waals surface area contributed by atoms with E-state index in [0.29, 0.717) is 44.5 Å². The number of benzene rings is 1. The summed E-state index contributed by atoms with van der Waals surface area (Å²) in [5, 5.41) is 0. The molecule has 1 atom stereocenters. The minimum atomic E-state index is -0.862. The molecule has 2 rings (SSSR count). The van der Waals surface area contributed by atoms with Crippen molar-refractivity contribution in [1.82, 2.24) is 9.80 Å². The van der Waals surface area contributed by atoms with Crippen molar-refractivity contribution in [3.63, 3.8) is 0 Å². The zero-order valence-corrected chi connectivity index (χ0v) is 17.5. The molecule has 0 bridgehead atoms. The van der Waals surface area contributed by atoms with Gasteiger partial charge in [0.2, 0.25) is 5.91 Å². The molecule has 1 aliphatic heterocycles. The first-order valence-corrected chi connectivity index (χ1v) is 9.45. The number of likely N-dealkylation sites (tertiary alicyclic amines) is 1. The van der Waals surface area contributed by atoms with E-state index in [9.17, 15) is 18.4 Å². The van der Waals surface area contributed by atoms with E-state index >= 15 is 0 Å².